The van der Waals surface area contributed by atoms with Crippen molar-refractivity contribution in [1.29, 1.82) is 5.26 Å². The molecule has 0 fully saturated rings. The summed E-state index contributed by atoms with van der Waals surface area (Å²) in [6.45, 7) is 4.25. The van der Waals surface area contributed by atoms with E-state index in [0.29, 0.717) is 11.5 Å². The molecular formula is C20H18N4. The first kappa shape index (κ1) is 15.7. The maximum Gasteiger partial charge on any atom is 0.227 e. The molecule has 0 atom stereocenters. The molecule has 0 aliphatic carbocycles. The van der Waals surface area contributed by atoms with Crippen molar-refractivity contribution in [2.45, 2.75) is 20.3 Å². The minimum absolute atomic E-state index is 0.559. The van der Waals surface area contributed by atoms with E-state index in [-0.39, 0.29) is 0 Å². The fourth-order valence-corrected chi connectivity index (χ4v) is 2.62. The molecule has 118 valence electrons. The smallest absolute Gasteiger partial charge is 0.227 e. The average molecular weight is 314 g/mol. The Hall–Kier alpha value is -3.19. The summed E-state index contributed by atoms with van der Waals surface area (Å²) >= 11 is 0. The SMILES string of the molecule is Cc1cccc(C)c1Cc1ccnc(Nc2ccc(C#N)cc2)n1. The van der Waals surface area contributed by atoms with Gasteiger partial charge in [-0.25, -0.2) is 9.97 Å². The molecule has 0 saturated carbocycles. The number of hydrogen-bond acceptors (Lipinski definition) is 4. The zero-order valence-electron chi connectivity index (χ0n) is 13.7. The molecule has 0 amide bonds. The molecule has 4 heteroatoms. The molecule has 1 N–H and O–H groups in total. The number of rotatable bonds is 4. The van der Waals surface area contributed by atoms with Crippen molar-refractivity contribution in [3.05, 3.63) is 82.7 Å². The first-order valence-electron chi connectivity index (χ1n) is 7.80. The summed E-state index contributed by atoms with van der Waals surface area (Å²) in [4.78, 5) is 8.88. The van der Waals surface area contributed by atoms with Crippen LogP contribution in [0, 0.1) is 25.2 Å². The molecule has 0 unspecified atom stereocenters. The summed E-state index contributed by atoms with van der Waals surface area (Å²) in [6.07, 6.45) is 2.55. The molecule has 4 nitrogen and oxygen atoms in total. The van der Waals surface area contributed by atoms with Gasteiger partial charge in [0.05, 0.1) is 17.3 Å². The standard InChI is InChI=1S/C20H18N4/c1-14-4-3-5-15(2)19(14)12-18-10-11-22-20(24-18)23-17-8-6-16(13-21)7-9-17/h3-11H,12H2,1-2H3,(H,22,23,24). The number of nitrogens with one attached hydrogen (secondary N) is 1. The Kier molecular flexibility index (Phi) is 4.53. The van der Waals surface area contributed by atoms with Gasteiger partial charge in [0.15, 0.2) is 0 Å². The molecule has 2 aromatic carbocycles. The number of nitrogens with zero attached hydrogens (tertiary/aromatic N) is 3. The van der Waals surface area contributed by atoms with Crippen LogP contribution in [0.4, 0.5) is 11.6 Å². The quantitative estimate of drug-likeness (QED) is 0.780. The Morgan fingerprint density at radius 1 is 1.00 bits per heavy atom. The summed E-state index contributed by atoms with van der Waals surface area (Å²) in [5.41, 5.74) is 6.31. The van der Waals surface area contributed by atoms with Crippen LogP contribution in [-0.4, -0.2) is 9.97 Å². The Morgan fingerprint density at radius 3 is 2.38 bits per heavy atom. The van der Waals surface area contributed by atoms with E-state index < -0.39 is 0 Å². The van der Waals surface area contributed by atoms with Crippen molar-refractivity contribution in [2.75, 3.05) is 5.32 Å². The fourth-order valence-electron chi connectivity index (χ4n) is 2.62. The average Bonchev–Trinajstić information content (AvgIpc) is 2.59. The lowest BCUT2D eigenvalue weighted by molar-refractivity contribution is 1.01. The number of aromatic nitrogens is 2. The Labute approximate surface area is 141 Å². The molecule has 0 aliphatic rings. The van der Waals surface area contributed by atoms with Crippen LogP contribution in [0.3, 0.4) is 0 Å². The van der Waals surface area contributed by atoms with Crippen LogP contribution in [-0.2, 0) is 6.42 Å². The number of anilines is 2. The second-order valence-electron chi connectivity index (χ2n) is 5.73. The fraction of sp³-hybridized carbons (Fsp3) is 0.150. The predicted molar refractivity (Wildman–Crippen MR) is 95.2 cm³/mol. The molecule has 3 rings (SSSR count). The van der Waals surface area contributed by atoms with Crippen LogP contribution >= 0.6 is 0 Å². The van der Waals surface area contributed by atoms with Gasteiger partial charge in [-0.15, -0.1) is 0 Å². The summed E-state index contributed by atoms with van der Waals surface area (Å²) in [7, 11) is 0. The molecule has 0 bridgehead atoms. The zero-order chi connectivity index (χ0) is 16.9. The van der Waals surface area contributed by atoms with Gasteiger partial charge in [-0.2, -0.15) is 5.26 Å². The highest BCUT2D eigenvalue weighted by atomic mass is 15.1. The van der Waals surface area contributed by atoms with Crippen molar-refractivity contribution in [2.24, 2.45) is 0 Å². The second kappa shape index (κ2) is 6.93. The highest BCUT2D eigenvalue weighted by Crippen LogP contribution is 2.18. The van der Waals surface area contributed by atoms with Crippen LogP contribution in [0.2, 0.25) is 0 Å². The van der Waals surface area contributed by atoms with Gasteiger partial charge in [0, 0.05) is 18.3 Å². The summed E-state index contributed by atoms with van der Waals surface area (Å²) < 4.78 is 0. The van der Waals surface area contributed by atoms with Crippen LogP contribution in [0.1, 0.15) is 27.9 Å². The van der Waals surface area contributed by atoms with Gasteiger partial charge in [0.1, 0.15) is 0 Å². The third-order valence-electron chi connectivity index (χ3n) is 3.99. The van der Waals surface area contributed by atoms with Crippen molar-refractivity contribution in [1.82, 2.24) is 9.97 Å². The highest BCUT2D eigenvalue weighted by Gasteiger charge is 2.06. The normalized spacial score (nSPS) is 10.2. The third-order valence-corrected chi connectivity index (χ3v) is 3.99. The van der Waals surface area contributed by atoms with Crippen molar-refractivity contribution >= 4 is 11.6 Å². The Morgan fingerprint density at radius 2 is 1.71 bits per heavy atom. The molecular weight excluding hydrogens is 296 g/mol. The summed E-state index contributed by atoms with van der Waals surface area (Å²) in [5.74, 6) is 0.559. The van der Waals surface area contributed by atoms with Gasteiger partial charge in [0.2, 0.25) is 5.95 Å². The second-order valence-corrected chi connectivity index (χ2v) is 5.73. The van der Waals surface area contributed by atoms with Crippen molar-refractivity contribution < 1.29 is 0 Å². The van der Waals surface area contributed by atoms with E-state index in [1.54, 1.807) is 18.3 Å². The maximum atomic E-state index is 8.84. The lowest BCUT2D eigenvalue weighted by Crippen LogP contribution is -2.02. The van der Waals surface area contributed by atoms with Crippen molar-refractivity contribution in [3.8, 4) is 6.07 Å². The largest absolute Gasteiger partial charge is 0.324 e. The Balaban J connectivity index is 1.80. The summed E-state index contributed by atoms with van der Waals surface area (Å²) in [5, 5.41) is 12.0. The van der Waals surface area contributed by atoms with E-state index in [9.17, 15) is 0 Å². The van der Waals surface area contributed by atoms with Gasteiger partial charge >= 0.3 is 0 Å². The third kappa shape index (κ3) is 3.58. The van der Waals surface area contributed by atoms with Gasteiger partial charge in [-0.1, -0.05) is 18.2 Å². The van der Waals surface area contributed by atoms with Crippen LogP contribution in [0.5, 0.6) is 0 Å². The summed E-state index contributed by atoms with van der Waals surface area (Å²) in [6, 6.07) is 17.6. The lowest BCUT2D eigenvalue weighted by Gasteiger charge is -2.10. The minimum Gasteiger partial charge on any atom is -0.324 e. The molecule has 0 spiro atoms. The van der Waals surface area contributed by atoms with Crippen molar-refractivity contribution in [3.63, 3.8) is 0 Å². The van der Waals surface area contributed by atoms with Crippen LogP contribution in [0.15, 0.2) is 54.7 Å². The molecule has 1 aromatic heterocycles. The van der Waals surface area contributed by atoms with E-state index in [2.05, 4.69) is 53.4 Å². The predicted octanol–water partition coefficient (Wildman–Crippen LogP) is 4.30. The minimum atomic E-state index is 0.559. The number of benzene rings is 2. The van der Waals surface area contributed by atoms with Gasteiger partial charge in [-0.3, -0.25) is 0 Å². The molecule has 0 saturated heterocycles. The van der Waals surface area contributed by atoms with E-state index in [1.807, 2.05) is 18.2 Å². The monoisotopic (exact) mass is 314 g/mol. The van der Waals surface area contributed by atoms with Gasteiger partial charge < -0.3 is 5.32 Å². The number of aryl methyl sites for hydroxylation is 2. The van der Waals surface area contributed by atoms with E-state index in [0.717, 1.165) is 17.8 Å². The van der Waals surface area contributed by atoms with Gasteiger partial charge in [-0.05, 0) is 60.9 Å². The maximum absolute atomic E-state index is 8.84. The molecule has 3 aromatic rings. The van der Waals surface area contributed by atoms with E-state index in [4.69, 9.17) is 5.26 Å². The zero-order valence-corrected chi connectivity index (χ0v) is 13.7. The first-order chi connectivity index (χ1) is 11.7. The molecule has 0 radical (unpaired) electrons. The number of hydrogen-bond donors (Lipinski definition) is 1. The highest BCUT2D eigenvalue weighted by molar-refractivity contribution is 5.54. The van der Waals surface area contributed by atoms with E-state index >= 15 is 0 Å². The lowest BCUT2D eigenvalue weighted by atomic mass is 9.99. The Bertz CT molecular complexity index is 872. The number of nitriles is 1. The topological polar surface area (TPSA) is 61.6 Å². The molecule has 1 heterocycles. The molecule has 24 heavy (non-hydrogen) atoms. The van der Waals surface area contributed by atoms with Crippen LogP contribution < -0.4 is 5.32 Å². The van der Waals surface area contributed by atoms with E-state index in [1.165, 1.54) is 16.7 Å². The molecule has 0 aliphatic heterocycles. The van der Waals surface area contributed by atoms with Gasteiger partial charge in [0.25, 0.3) is 0 Å². The van der Waals surface area contributed by atoms with Crippen LogP contribution in [0.25, 0.3) is 0 Å². The first-order valence-corrected chi connectivity index (χ1v) is 7.80.